The topological polar surface area (TPSA) is 38.3 Å². The zero-order valence-corrected chi connectivity index (χ0v) is 14.7. The second kappa shape index (κ2) is 8.85. The van der Waals surface area contributed by atoms with E-state index in [-0.39, 0.29) is 12.3 Å². The van der Waals surface area contributed by atoms with Gasteiger partial charge in [-0.05, 0) is 30.0 Å². The summed E-state index contributed by atoms with van der Waals surface area (Å²) in [6.45, 7) is 1.56. The Bertz CT molecular complexity index is 716. The summed E-state index contributed by atoms with van der Waals surface area (Å²) in [5.41, 5.74) is 1.87. The first-order valence-electron chi connectivity index (χ1n) is 8.33. The molecule has 1 unspecified atom stereocenters. The molecule has 0 saturated heterocycles. The standard InChI is InChI=1S/C20H22F3NO2/c1-14(13-20(21,22)23)12-16-10-6-7-11-17(16)19(26-2)24-18(25)15-8-4-3-5-9-15/h3-11,14,19H,12-13H2,1-2H3,(H,24,25)/t14?,19-/m0/s1. The Hall–Kier alpha value is -2.34. The first kappa shape index (κ1) is 20.0. The van der Waals surface area contributed by atoms with Crippen LogP contribution in [0.5, 0.6) is 0 Å². The normalized spacial score (nSPS) is 13.9. The monoisotopic (exact) mass is 365 g/mol. The van der Waals surface area contributed by atoms with Crippen molar-refractivity contribution in [2.24, 2.45) is 5.92 Å². The number of alkyl halides is 3. The molecule has 6 heteroatoms. The van der Waals surface area contributed by atoms with Crippen LogP contribution in [0.2, 0.25) is 0 Å². The van der Waals surface area contributed by atoms with Gasteiger partial charge in [0, 0.05) is 24.7 Å². The van der Waals surface area contributed by atoms with E-state index in [9.17, 15) is 18.0 Å². The number of ether oxygens (including phenoxy) is 1. The third kappa shape index (κ3) is 5.88. The minimum atomic E-state index is -4.20. The van der Waals surface area contributed by atoms with Crippen LogP contribution in [0.3, 0.4) is 0 Å². The summed E-state index contributed by atoms with van der Waals surface area (Å²) in [6.07, 6.45) is -5.54. The molecule has 2 aromatic rings. The number of hydrogen-bond acceptors (Lipinski definition) is 2. The van der Waals surface area contributed by atoms with E-state index in [0.717, 1.165) is 5.56 Å². The highest BCUT2D eigenvalue weighted by Gasteiger charge is 2.30. The maximum Gasteiger partial charge on any atom is 0.389 e. The van der Waals surface area contributed by atoms with Gasteiger partial charge in [-0.25, -0.2) is 0 Å². The molecule has 140 valence electrons. The predicted octanol–water partition coefficient (Wildman–Crippen LogP) is 4.89. The quantitative estimate of drug-likeness (QED) is 0.709. The average Bonchev–Trinajstić information content (AvgIpc) is 2.59. The van der Waals surface area contributed by atoms with E-state index < -0.39 is 24.7 Å². The van der Waals surface area contributed by atoms with Gasteiger partial charge in [0.2, 0.25) is 0 Å². The lowest BCUT2D eigenvalue weighted by atomic mass is 9.93. The molecule has 2 rings (SSSR count). The predicted molar refractivity (Wildman–Crippen MR) is 93.6 cm³/mol. The number of nitrogens with one attached hydrogen (secondary N) is 1. The number of carbonyl (C=O) groups is 1. The van der Waals surface area contributed by atoms with Gasteiger partial charge >= 0.3 is 6.18 Å². The molecule has 0 fully saturated rings. The van der Waals surface area contributed by atoms with Crippen molar-refractivity contribution in [3.63, 3.8) is 0 Å². The maximum absolute atomic E-state index is 12.6. The third-order valence-corrected chi connectivity index (χ3v) is 4.02. The summed E-state index contributed by atoms with van der Waals surface area (Å²) >= 11 is 0. The van der Waals surface area contributed by atoms with Crippen LogP contribution in [0.1, 0.15) is 41.1 Å². The van der Waals surface area contributed by atoms with Crippen molar-refractivity contribution < 1.29 is 22.7 Å². The number of methoxy groups -OCH3 is 1. The molecule has 0 heterocycles. The SMILES string of the molecule is CO[C@H](NC(=O)c1ccccc1)c1ccccc1CC(C)CC(F)(F)F. The number of halogens is 3. The van der Waals surface area contributed by atoms with Gasteiger partial charge in [0.05, 0.1) is 0 Å². The molecule has 0 aromatic heterocycles. The minimum absolute atomic E-state index is 0.247. The maximum atomic E-state index is 12.6. The molecule has 0 aliphatic carbocycles. The fraction of sp³-hybridized carbons (Fsp3) is 0.350. The van der Waals surface area contributed by atoms with Crippen molar-refractivity contribution >= 4 is 5.91 Å². The van der Waals surface area contributed by atoms with Gasteiger partial charge < -0.3 is 10.1 Å². The highest BCUT2D eigenvalue weighted by Crippen LogP contribution is 2.29. The van der Waals surface area contributed by atoms with Crippen molar-refractivity contribution in [3.05, 3.63) is 71.3 Å². The Labute approximate surface area is 151 Å². The average molecular weight is 365 g/mol. The van der Waals surface area contributed by atoms with E-state index in [0.29, 0.717) is 11.1 Å². The van der Waals surface area contributed by atoms with Crippen LogP contribution >= 0.6 is 0 Å². The summed E-state index contributed by atoms with van der Waals surface area (Å²) in [7, 11) is 1.45. The van der Waals surface area contributed by atoms with Gasteiger partial charge in [-0.1, -0.05) is 49.4 Å². The van der Waals surface area contributed by atoms with Gasteiger partial charge in [0.1, 0.15) is 0 Å². The molecule has 0 spiro atoms. The molecule has 0 aliphatic rings. The molecule has 0 radical (unpaired) electrons. The first-order chi connectivity index (χ1) is 12.3. The Morgan fingerprint density at radius 3 is 2.31 bits per heavy atom. The van der Waals surface area contributed by atoms with Crippen molar-refractivity contribution in [2.75, 3.05) is 7.11 Å². The zero-order chi connectivity index (χ0) is 19.2. The highest BCUT2D eigenvalue weighted by atomic mass is 19.4. The van der Waals surface area contributed by atoms with Crippen LogP contribution in [0, 0.1) is 5.92 Å². The van der Waals surface area contributed by atoms with Gasteiger partial charge in [-0.3, -0.25) is 4.79 Å². The largest absolute Gasteiger partial charge is 0.389 e. The highest BCUT2D eigenvalue weighted by molar-refractivity contribution is 5.94. The van der Waals surface area contributed by atoms with Crippen molar-refractivity contribution in [1.29, 1.82) is 0 Å². The summed E-state index contributed by atoms with van der Waals surface area (Å²) in [5.74, 6) is -0.880. The Kier molecular flexibility index (Phi) is 6.80. The lowest BCUT2D eigenvalue weighted by Gasteiger charge is -2.22. The van der Waals surface area contributed by atoms with Gasteiger partial charge in [0.15, 0.2) is 6.23 Å². The first-order valence-corrected chi connectivity index (χ1v) is 8.33. The Balaban J connectivity index is 2.16. The van der Waals surface area contributed by atoms with Crippen LogP contribution < -0.4 is 5.32 Å². The summed E-state index contributed by atoms with van der Waals surface area (Å²) < 4.78 is 43.2. The summed E-state index contributed by atoms with van der Waals surface area (Å²) in [5, 5.41) is 2.78. The number of rotatable bonds is 7. The number of amides is 1. The molecule has 0 saturated carbocycles. The number of hydrogen-bond donors (Lipinski definition) is 1. The minimum Gasteiger partial charge on any atom is -0.357 e. The van der Waals surface area contributed by atoms with Crippen molar-refractivity contribution in [1.82, 2.24) is 5.32 Å². The van der Waals surface area contributed by atoms with Gasteiger partial charge in [0.25, 0.3) is 5.91 Å². The van der Waals surface area contributed by atoms with Crippen LogP contribution in [0.15, 0.2) is 54.6 Å². The van der Waals surface area contributed by atoms with E-state index in [4.69, 9.17) is 4.74 Å². The van der Waals surface area contributed by atoms with Crippen LogP contribution in [-0.2, 0) is 11.2 Å². The van der Waals surface area contributed by atoms with Crippen molar-refractivity contribution in [2.45, 2.75) is 32.2 Å². The van der Waals surface area contributed by atoms with E-state index >= 15 is 0 Å². The molecule has 1 N–H and O–H groups in total. The zero-order valence-electron chi connectivity index (χ0n) is 14.7. The Morgan fingerprint density at radius 1 is 1.08 bits per heavy atom. The molecule has 0 bridgehead atoms. The smallest absolute Gasteiger partial charge is 0.357 e. The molecule has 0 aliphatic heterocycles. The molecule has 26 heavy (non-hydrogen) atoms. The molecule has 1 amide bonds. The summed E-state index contributed by atoms with van der Waals surface area (Å²) in [6, 6.07) is 15.7. The van der Waals surface area contributed by atoms with Gasteiger partial charge in [-0.2, -0.15) is 13.2 Å². The number of benzene rings is 2. The Morgan fingerprint density at radius 2 is 1.69 bits per heavy atom. The van der Waals surface area contributed by atoms with Gasteiger partial charge in [-0.15, -0.1) is 0 Å². The van der Waals surface area contributed by atoms with E-state index in [1.54, 1.807) is 55.5 Å². The second-order valence-corrected chi connectivity index (χ2v) is 6.28. The third-order valence-electron chi connectivity index (χ3n) is 4.02. The lowest BCUT2D eigenvalue weighted by Crippen LogP contribution is -2.30. The summed E-state index contributed by atoms with van der Waals surface area (Å²) in [4.78, 5) is 12.4. The van der Waals surface area contributed by atoms with E-state index in [1.165, 1.54) is 7.11 Å². The molecular formula is C20H22F3NO2. The molecule has 3 nitrogen and oxygen atoms in total. The van der Waals surface area contributed by atoms with E-state index in [1.807, 2.05) is 6.07 Å². The van der Waals surface area contributed by atoms with E-state index in [2.05, 4.69) is 5.32 Å². The number of carbonyl (C=O) groups excluding carboxylic acids is 1. The fourth-order valence-electron chi connectivity index (χ4n) is 2.87. The molecular weight excluding hydrogens is 343 g/mol. The fourth-order valence-corrected chi connectivity index (χ4v) is 2.87. The van der Waals surface area contributed by atoms with Crippen LogP contribution in [-0.4, -0.2) is 19.2 Å². The molecule has 2 aromatic carbocycles. The van der Waals surface area contributed by atoms with Crippen LogP contribution in [0.4, 0.5) is 13.2 Å². The second-order valence-electron chi connectivity index (χ2n) is 6.28. The lowest BCUT2D eigenvalue weighted by molar-refractivity contribution is -0.143. The van der Waals surface area contributed by atoms with Crippen LogP contribution in [0.25, 0.3) is 0 Å². The van der Waals surface area contributed by atoms with Crippen molar-refractivity contribution in [3.8, 4) is 0 Å². The molecule has 2 atom stereocenters.